The molecule has 2 aromatic carbocycles. The van der Waals surface area contributed by atoms with Gasteiger partial charge in [0.2, 0.25) is 0 Å². The van der Waals surface area contributed by atoms with Crippen molar-refractivity contribution in [3.8, 4) is 11.5 Å². The van der Waals surface area contributed by atoms with Crippen molar-refractivity contribution in [2.45, 2.75) is 6.61 Å². The van der Waals surface area contributed by atoms with Gasteiger partial charge in [-0.05, 0) is 41.6 Å². The number of carbonyl (C=O) groups excluding carboxylic acids is 1. The highest BCUT2D eigenvalue weighted by Gasteiger charge is 2.20. The predicted octanol–water partition coefficient (Wildman–Crippen LogP) is 2.62. The number of carbonyl (C=O) groups is 1. The molecule has 2 aromatic rings. The van der Waals surface area contributed by atoms with Gasteiger partial charge in [-0.3, -0.25) is 10.1 Å². The van der Waals surface area contributed by atoms with Crippen molar-refractivity contribution in [2.24, 2.45) is 0 Å². The fourth-order valence-electron chi connectivity index (χ4n) is 2.28. The maximum absolute atomic E-state index is 11.7. The molecule has 1 saturated heterocycles. The van der Waals surface area contributed by atoms with E-state index in [1.165, 1.54) is 0 Å². The fraction of sp³-hybridized carbons (Fsp3) is 0.111. The van der Waals surface area contributed by atoms with Gasteiger partial charge in [0.15, 0.2) is 16.6 Å². The lowest BCUT2D eigenvalue weighted by Gasteiger charge is -2.11. The van der Waals surface area contributed by atoms with Crippen LogP contribution in [0.3, 0.4) is 0 Å². The summed E-state index contributed by atoms with van der Waals surface area (Å²) >= 11 is 4.92. The molecule has 0 bridgehead atoms. The Bertz CT molecular complexity index is 803. The van der Waals surface area contributed by atoms with Crippen LogP contribution in [0.1, 0.15) is 11.1 Å². The van der Waals surface area contributed by atoms with Gasteiger partial charge in [-0.1, -0.05) is 36.4 Å². The zero-order valence-corrected chi connectivity index (χ0v) is 13.9. The molecule has 122 valence electrons. The first-order chi connectivity index (χ1) is 11.7. The van der Waals surface area contributed by atoms with Crippen LogP contribution in [0.5, 0.6) is 11.5 Å². The summed E-state index contributed by atoms with van der Waals surface area (Å²) in [5.41, 5.74) is 2.27. The van der Waals surface area contributed by atoms with Crippen molar-refractivity contribution >= 4 is 29.3 Å². The second kappa shape index (κ2) is 7.14. The van der Waals surface area contributed by atoms with Crippen LogP contribution in [-0.4, -0.2) is 18.1 Å². The summed E-state index contributed by atoms with van der Waals surface area (Å²) in [5.74, 6) is 0.992. The van der Waals surface area contributed by atoms with E-state index in [0.717, 1.165) is 11.1 Å². The van der Waals surface area contributed by atoms with E-state index in [1.807, 2.05) is 42.5 Å². The normalized spacial score (nSPS) is 15.1. The van der Waals surface area contributed by atoms with Crippen LogP contribution in [-0.2, 0) is 11.4 Å². The van der Waals surface area contributed by atoms with Gasteiger partial charge in [0.1, 0.15) is 12.3 Å². The zero-order chi connectivity index (χ0) is 16.9. The third kappa shape index (κ3) is 3.72. The van der Waals surface area contributed by atoms with Crippen LogP contribution >= 0.6 is 12.2 Å². The molecular weight excluding hydrogens is 324 g/mol. The van der Waals surface area contributed by atoms with Crippen LogP contribution in [0.15, 0.2) is 54.2 Å². The highest BCUT2D eigenvalue weighted by atomic mass is 32.1. The topological polar surface area (TPSA) is 59.6 Å². The van der Waals surface area contributed by atoms with Gasteiger partial charge < -0.3 is 14.8 Å². The van der Waals surface area contributed by atoms with Gasteiger partial charge >= 0.3 is 0 Å². The van der Waals surface area contributed by atoms with Crippen LogP contribution < -0.4 is 20.1 Å². The first kappa shape index (κ1) is 16.0. The molecule has 24 heavy (non-hydrogen) atoms. The van der Waals surface area contributed by atoms with E-state index in [2.05, 4.69) is 10.6 Å². The Morgan fingerprint density at radius 2 is 1.88 bits per heavy atom. The van der Waals surface area contributed by atoms with Crippen LogP contribution in [0.25, 0.3) is 6.08 Å². The fourth-order valence-corrected chi connectivity index (χ4v) is 2.48. The number of thiocarbonyl (C=S) groups is 1. The minimum absolute atomic E-state index is 0.248. The van der Waals surface area contributed by atoms with Crippen LogP contribution in [0.4, 0.5) is 0 Å². The standard InChI is InChI=1S/C18H16N2O3S/c1-22-15-8-7-13(9-14-17(21)20-18(24)19-14)10-16(15)23-11-12-5-3-2-4-6-12/h2-10H,11H2,1H3,(H2,19,20,21,24). The van der Waals surface area contributed by atoms with E-state index < -0.39 is 0 Å². The first-order valence-electron chi connectivity index (χ1n) is 7.34. The average Bonchev–Trinajstić information content (AvgIpc) is 2.91. The largest absolute Gasteiger partial charge is 0.493 e. The van der Waals surface area contributed by atoms with Crippen molar-refractivity contribution in [3.63, 3.8) is 0 Å². The number of amides is 1. The molecule has 0 aromatic heterocycles. The lowest BCUT2D eigenvalue weighted by Crippen LogP contribution is -2.21. The maximum atomic E-state index is 11.7. The molecule has 1 heterocycles. The van der Waals surface area contributed by atoms with Crippen LogP contribution in [0.2, 0.25) is 0 Å². The second-order valence-electron chi connectivity index (χ2n) is 5.15. The first-order valence-corrected chi connectivity index (χ1v) is 7.75. The summed E-state index contributed by atoms with van der Waals surface area (Å²) in [6, 6.07) is 15.3. The number of hydrogen-bond donors (Lipinski definition) is 2. The predicted molar refractivity (Wildman–Crippen MR) is 95.6 cm³/mol. The molecule has 1 aliphatic heterocycles. The summed E-state index contributed by atoms with van der Waals surface area (Å²) in [7, 11) is 1.59. The van der Waals surface area contributed by atoms with Crippen molar-refractivity contribution in [3.05, 3.63) is 65.4 Å². The molecule has 0 spiro atoms. The van der Waals surface area contributed by atoms with E-state index in [-0.39, 0.29) is 5.91 Å². The molecule has 1 fully saturated rings. The smallest absolute Gasteiger partial charge is 0.273 e. The van der Waals surface area contributed by atoms with E-state index in [1.54, 1.807) is 19.3 Å². The highest BCUT2D eigenvalue weighted by molar-refractivity contribution is 7.80. The molecule has 6 heteroatoms. The number of hydrogen-bond acceptors (Lipinski definition) is 4. The van der Waals surface area contributed by atoms with E-state index in [9.17, 15) is 4.79 Å². The lowest BCUT2D eigenvalue weighted by molar-refractivity contribution is -0.115. The molecule has 3 rings (SSSR count). The van der Waals surface area contributed by atoms with Crippen molar-refractivity contribution in [2.75, 3.05) is 7.11 Å². The van der Waals surface area contributed by atoms with Gasteiger partial charge in [-0.25, -0.2) is 0 Å². The second-order valence-corrected chi connectivity index (χ2v) is 5.56. The Morgan fingerprint density at radius 1 is 1.08 bits per heavy atom. The summed E-state index contributed by atoms with van der Waals surface area (Å²) in [6.45, 7) is 0.431. The number of nitrogens with one attached hydrogen (secondary N) is 2. The number of ether oxygens (including phenoxy) is 2. The maximum Gasteiger partial charge on any atom is 0.273 e. The molecule has 5 nitrogen and oxygen atoms in total. The lowest BCUT2D eigenvalue weighted by atomic mass is 10.1. The highest BCUT2D eigenvalue weighted by Crippen LogP contribution is 2.29. The Hall–Kier alpha value is -2.86. The summed E-state index contributed by atoms with van der Waals surface area (Å²) in [5, 5.41) is 5.65. The minimum Gasteiger partial charge on any atom is -0.493 e. The summed E-state index contributed by atoms with van der Waals surface area (Å²) in [4.78, 5) is 11.7. The molecule has 0 atom stereocenters. The van der Waals surface area contributed by atoms with E-state index >= 15 is 0 Å². The number of rotatable bonds is 5. The number of benzene rings is 2. The van der Waals surface area contributed by atoms with Crippen LogP contribution in [0, 0.1) is 0 Å². The molecule has 1 amide bonds. The van der Waals surface area contributed by atoms with Crippen molar-refractivity contribution in [1.82, 2.24) is 10.6 Å². The van der Waals surface area contributed by atoms with Crippen molar-refractivity contribution in [1.29, 1.82) is 0 Å². The SMILES string of the molecule is COc1ccc(C=C2NC(=S)NC2=O)cc1OCc1ccccc1. The minimum atomic E-state index is -0.248. The molecule has 1 aliphatic rings. The molecule has 2 N–H and O–H groups in total. The van der Waals surface area contributed by atoms with Gasteiger partial charge in [0.05, 0.1) is 7.11 Å². The Balaban J connectivity index is 1.81. The molecular formula is C18H16N2O3S. The summed E-state index contributed by atoms with van der Waals surface area (Å²) in [6.07, 6.45) is 1.71. The quantitative estimate of drug-likeness (QED) is 0.647. The van der Waals surface area contributed by atoms with E-state index in [4.69, 9.17) is 21.7 Å². The Kier molecular flexibility index (Phi) is 4.77. The third-order valence-corrected chi connectivity index (χ3v) is 3.66. The Labute approximate surface area is 145 Å². The zero-order valence-electron chi connectivity index (χ0n) is 13.0. The van der Waals surface area contributed by atoms with Gasteiger partial charge in [0.25, 0.3) is 5.91 Å². The van der Waals surface area contributed by atoms with E-state index in [0.29, 0.717) is 28.9 Å². The Morgan fingerprint density at radius 3 is 2.54 bits per heavy atom. The van der Waals surface area contributed by atoms with Gasteiger partial charge in [-0.2, -0.15) is 0 Å². The molecule has 0 aliphatic carbocycles. The summed E-state index contributed by atoms with van der Waals surface area (Å²) < 4.78 is 11.2. The molecule has 0 unspecified atom stereocenters. The van der Waals surface area contributed by atoms with Gasteiger partial charge in [-0.15, -0.1) is 0 Å². The average molecular weight is 340 g/mol. The molecule has 0 saturated carbocycles. The molecule has 0 radical (unpaired) electrons. The third-order valence-electron chi connectivity index (χ3n) is 3.46. The number of methoxy groups -OCH3 is 1. The van der Waals surface area contributed by atoms with Gasteiger partial charge in [0, 0.05) is 0 Å². The van der Waals surface area contributed by atoms with Crippen molar-refractivity contribution < 1.29 is 14.3 Å². The monoisotopic (exact) mass is 340 g/mol.